The van der Waals surface area contributed by atoms with Crippen LogP contribution in [0.25, 0.3) is 10.9 Å². The SMILES string of the molecule is CC1(Oc2ccc3n[nH]c(C4CC(N5CCNCC5)=NC=N4)c3c2)CC1. The molecule has 1 aliphatic carbocycles. The van der Waals surface area contributed by atoms with E-state index in [2.05, 4.69) is 43.4 Å². The van der Waals surface area contributed by atoms with Crippen LogP contribution in [0, 0.1) is 0 Å². The molecule has 26 heavy (non-hydrogen) atoms. The van der Waals surface area contributed by atoms with Gasteiger partial charge in [0.25, 0.3) is 0 Å². The van der Waals surface area contributed by atoms with Gasteiger partial charge in [0.15, 0.2) is 0 Å². The van der Waals surface area contributed by atoms with Crippen molar-refractivity contribution in [2.45, 2.75) is 37.8 Å². The zero-order chi connectivity index (χ0) is 17.6. The monoisotopic (exact) mass is 352 g/mol. The molecule has 3 aliphatic rings. The van der Waals surface area contributed by atoms with Crippen LogP contribution in [-0.2, 0) is 0 Å². The van der Waals surface area contributed by atoms with E-state index in [1.807, 2.05) is 12.1 Å². The Balaban J connectivity index is 1.40. The van der Waals surface area contributed by atoms with Crippen molar-refractivity contribution in [1.29, 1.82) is 0 Å². The number of ether oxygens (including phenoxy) is 1. The molecule has 1 saturated carbocycles. The Morgan fingerprint density at radius 1 is 1.23 bits per heavy atom. The summed E-state index contributed by atoms with van der Waals surface area (Å²) in [5.74, 6) is 2.03. The Morgan fingerprint density at radius 3 is 2.88 bits per heavy atom. The average Bonchev–Trinajstić information content (AvgIpc) is 3.25. The van der Waals surface area contributed by atoms with Crippen LogP contribution >= 0.6 is 0 Å². The van der Waals surface area contributed by atoms with Gasteiger partial charge in [-0.15, -0.1) is 0 Å². The van der Waals surface area contributed by atoms with Gasteiger partial charge in [0.05, 0.1) is 11.2 Å². The van der Waals surface area contributed by atoms with E-state index in [1.165, 1.54) is 0 Å². The summed E-state index contributed by atoms with van der Waals surface area (Å²) >= 11 is 0. The first-order valence-electron chi connectivity index (χ1n) is 9.41. The average molecular weight is 352 g/mol. The quantitative estimate of drug-likeness (QED) is 0.888. The maximum atomic E-state index is 6.13. The van der Waals surface area contributed by atoms with Crippen LogP contribution in [0.3, 0.4) is 0 Å². The predicted molar refractivity (Wildman–Crippen MR) is 102 cm³/mol. The zero-order valence-electron chi connectivity index (χ0n) is 15.0. The number of piperazine rings is 1. The second-order valence-corrected chi connectivity index (χ2v) is 7.64. The number of H-pyrrole nitrogens is 1. The highest BCUT2D eigenvalue weighted by molar-refractivity contribution is 5.92. The summed E-state index contributed by atoms with van der Waals surface area (Å²) in [4.78, 5) is 11.5. The second kappa shape index (κ2) is 6.09. The smallest absolute Gasteiger partial charge is 0.120 e. The molecule has 2 fully saturated rings. The van der Waals surface area contributed by atoms with Crippen molar-refractivity contribution in [3.63, 3.8) is 0 Å². The highest BCUT2D eigenvalue weighted by Crippen LogP contribution is 2.40. The van der Waals surface area contributed by atoms with Gasteiger partial charge in [-0.2, -0.15) is 5.10 Å². The molecule has 2 N–H and O–H groups in total. The largest absolute Gasteiger partial charge is 0.488 e. The first-order chi connectivity index (χ1) is 12.7. The van der Waals surface area contributed by atoms with Crippen molar-refractivity contribution in [2.75, 3.05) is 26.2 Å². The fourth-order valence-electron chi connectivity index (χ4n) is 3.66. The number of hydrogen-bond donors (Lipinski definition) is 2. The van der Waals surface area contributed by atoms with Gasteiger partial charge in [0.1, 0.15) is 29.6 Å². The summed E-state index contributed by atoms with van der Waals surface area (Å²) in [6, 6.07) is 6.15. The number of nitrogens with one attached hydrogen (secondary N) is 2. The molecule has 1 unspecified atom stereocenters. The van der Waals surface area contributed by atoms with E-state index in [0.717, 1.165) is 73.6 Å². The molecular weight excluding hydrogens is 328 g/mol. The number of aromatic amines is 1. The van der Waals surface area contributed by atoms with Crippen molar-refractivity contribution < 1.29 is 4.74 Å². The molecular formula is C19H24N6O. The number of benzene rings is 1. The van der Waals surface area contributed by atoms with Gasteiger partial charge in [-0.1, -0.05) is 0 Å². The number of fused-ring (bicyclic) bond motifs is 1. The van der Waals surface area contributed by atoms with Crippen LogP contribution in [0.15, 0.2) is 28.2 Å². The van der Waals surface area contributed by atoms with Crippen LogP contribution in [0.5, 0.6) is 5.75 Å². The van der Waals surface area contributed by atoms with Gasteiger partial charge >= 0.3 is 0 Å². The van der Waals surface area contributed by atoms with Gasteiger partial charge in [0, 0.05) is 38.0 Å². The van der Waals surface area contributed by atoms with Crippen molar-refractivity contribution >= 4 is 23.1 Å². The molecule has 0 amide bonds. The summed E-state index contributed by atoms with van der Waals surface area (Å²) in [7, 11) is 0. The van der Waals surface area contributed by atoms with Gasteiger partial charge in [-0.3, -0.25) is 10.1 Å². The van der Waals surface area contributed by atoms with Crippen LogP contribution in [0.2, 0.25) is 0 Å². The lowest BCUT2D eigenvalue weighted by Crippen LogP contribution is -2.47. The summed E-state index contributed by atoms with van der Waals surface area (Å²) in [5, 5.41) is 12.2. The van der Waals surface area contributed by atoms with E-state index >= 15 is 0 Å². The minimum Gasteiger partial charge on any atom is -0.488 e. The van der Waals surface area contributed by atoms with Gasteiger partial charge in [-0.05, 0) is 38.0 Å². The fourth-order valence-corrected chi connectivity index (χ4v) is 3.66. The molecule has 7 nitrogen and oxygen atoms in total. The Bertz CT molecular complexity index is 875. The molecule has 7 heteroatoms. The molecule has 136 valence electrons. The summed E-state index contributed by atoms with van der Waals surface area (Å²) in [6.07, 6.45) is 4.75. The minimum atomic E-state index is 0.0166. The highest BCUT2D eigenvalue weighted by Gasteiger charge is 2.40. The van der Waals surface area contributed by atoms with Crippen molar-refractivity contribution in [3.8, 4) is 5.75 Å². The van der Waals surface area contributed by atoms with Crippen LogP contribution < -0.4 is 10.1 Å². The van der Waals surface area contributed by atoms with E-state index in [0.29, 0.717) is 0 Å². The summed E-state index contributed by atoms with van der Waals surface area (Å²) in [6.45, 7) is 6.18. The van der Waals surface area contributed by atoms with E-state index < -0.39 is 0 Å². The molecule has 1 atom stereocenters. The number of rotatable bonds is 3. The summed E-state index contributed by atoms with van der Waals surface area (Å²) < 4.78 is 6.13. The van der Waals surface area contributed by atoms with Crippen molar-refractivity contribution in [2.24, 2.45) is 9.98 Å². The third kappa shape index (κ3) is 2.96. The fraction of sp³-hybridized carbons (Fsp3) is 0.526. The zero-order valence-corrected chi connectivity index (χ0v) is 15.0. The molecule has 1 aromatic carbocycles. The molecule has 5 rings (SSSR count). The van der Waals surface area contributed by atoms with Gasteiger partial charge in [-0.25, -0.2) is 4.99 Å². The Labute approximate surface area is 152 Å². The Kier molecular flexibility index (Phi) is 3.70. The Hall–Kier alpha value is -2.41. The van der Waals surface area contributed by atoms with Crippen molar-refractivity contribution in [3.05, 3.63) is 23.9 Å². The highest BCUT2D eigenvalue weighted by atomic mass is 16.5. The number of amidine groups is 1. The maximum Gasteiger partial charge on any atom is 0.120 e. The molecule has 1 aromatic heterocycles. The lowest BCUT2D eigenvalue weighted by atomic mass is 10.0. The third-order valence-corrected chi connectivity index (χ3v) is 5.52. The maximum absolute atomic E-state index is 6.13. The summed E-state index contributed by atoms with van der Waals surface area (Å²) in [5.41, 5.74) is 2.02. The number of aromatic nitrogens is 2. The lowest BCUT2D eigenvalue weighted by molar-refractivity contribution is 0.200. The van der Waals surface area contributed by atoms with Gasteiger partial charge < -0.3 is 15.0 Å². The molecule has 1 saturated heterocycles. The molecule has 2 aromatic rings. The van der Waals surface area contributed by atoms with Gasteiger partial charge in [0.2, 0.25) is 0 Å². The topological polar surface area (TPSA) is 77.9 Å². The first-order valence-corrected chi connectivity index (χ1v) is 9.41. The van der Waals surface area contributed by atoms with E-state index in [9.17, 15) is 0 Å². The third-order valence-electron chi connectivity index (χ3n) is 5.52. The Morgan fingerprint density at radius 2 is 2.08 bits per heavy atom. The normalized spacial score (nSPS) is 24.6. The van der Waals surface area contributed by atoms with E-state index in [-0.39, 0.29) is 11.6 Å². The number of aliphatic imine (C=N–C) groups is 2. The lowest BCUT2D eigenvalue weighted by Gasteiger charge is -2.32. The van der Waals surface area contributed by atoms with E-state index in [1.54, 1.807) is 6.34 Å². The van der Waals surface area contributed by atoms with E-state index in [4.69, 9.17) is 4.74 Å². The van der Waals surface area contributed by atoms with Crippen LogP contribution in [0.1, 0.15) is 37.9 Å². The van der Waals surface area contributed by atoms with Crippen molar-refractivity contribution in [1.82, 2.24) is 20.4 Å². The molecule has 0 radical (unpaired) electrons. The molecule has 2 aliphatic heterocycles. The minimum absolute atomic E-state index is 0.0166. The first kappa shape index (κ1) is 15.8. The number of hydrogen-bond acceptors (Lipinski definition) is 6. The molecule has 0 spiro atoms. The second-order valence-electron chi connectivity index (χ2n) is 7.64. The van der Waals surface area contributed by atoms with Crippen LogP contribution in [0.4, 0.5) is 0 Å². The standard InChI is InChI=1S/C19H24N6O/c1-19(4-5-19)26-13-2-3-15-14(10-13)18(24-23-15)16-11-17(22-12-21-16)25-8-6-20-7-9-25/h2-3,10,12,16,20H,4-9,11H2,1H3,(H,23,24). The predicted octanol–water partition coefficient (Wildman–Crippen LogP) is 2.27. The molecule has 3 heterocycles. The molecule has 0 bridgehead atoms. The number of nitrogens with zero attached hydrogens (tertiary/aromatic N) is 4. The van der Waals surface area contributed by atoms with Crippen LogP contribution in [-0.4, -0.2) is 59.1 Å².